The summed E-state index contributed by atoms with van der Waals surface area (Å²) in [5.41, 5.74) is 1.68. The minimum atomic E-state index is -0.641. The van der Waals surface area contributed by atoms with Gasteiger partial charge in [-0.05, 0) is 30.2 Å². The predicted molar refractivity (Wildman–Crippen MR) is 74.0 cm³/mol. The largest absolute Gasteiger partial charge is 0.491 e. The zero-order valence-electron chi connectivity index (χ0n) is 10.9. The van der Waals surface area contributed by atoms with Crippen molar-refractivity contribution in [2.75, 3.05) is 6.61 Å². The highest BCUT2D eigenvalue weighted by atomic mass is 16.5. The van der Waals surface area contributed by atoms with Crippen LogP contribution in [-0.2, 0) is 0 Å². The van der Waals surface area contributed by atoms with Gasteiger partial charge in [0.2, 0.25) is 0 Å². The molecule has 0 fully saturated rings. The van der Waals surface area contributed by atoms with Crippen molar-refractivity contribution in [3.05, 3.63) is 65.7 Å². The number of aliphatic hydroxyl groups is 2. The third-order valence-electron chi connectivity index (χ3n) is 2.95. The normalized spacial score (nSPS) is 13.8. The number of aliphatic hydroxyl groups excluding tert-OH is 2. The maximum atomic E-state index is 9.96. The molecule has 0 bridgehead atoms. The van der Waals surface area contributed by atoms with Crippen molar-refractivity contribution < 1.29 is 14.9 Å². The van der Waals surface area contributed by atoms with Gasteiger partial charge in [0.1, 0.15) is 18.5 Å². The van der Waals surface area contributed by atoms with Crippen LogP contribution in [0.1, 0.15) is 30.3 Å². The second kappa shape index (κ2) is 6.36. The number of hydrogen-bond donors (Lipinski definition) is 2. The molecule has 100 valence electrons. The fraction of sp³-hybridized carbons (Fsp3) is 0.250. The van der Waals surface area contributed by atoms with Gasteiger partial charge in [-0.3, -0.25) is 0 Å². The molecule has 3 nitrogen and oxygen atoms in total. The molecule has 2 aromatic carbocycles. The monoisotopic (exact) mass is 258 g/mol. The van der Waals surface area contributed by atoms with Crippen molar-refractivity contribution in [1.82, 2.24) is 0 Å². The average Bonchev–Trinajstić information content (AvgIpc) is 2.46. The lowest BCUT2D eigenvalue weighted by molar-refractivity contribution is 0.108. The molecular weight excluding hydrogens is 240 g/mol. The quantitative estimate of drug-likeness (QED) is 0.867. The van der Waals surface area contributed by atoms with E-state index in [9.17, 15) is 10.2 Å². The number of rotatable bonds is 5. The van der Waals surface area contributed by atoms with Gasteiger partial charge in [0.25, 0.3) is 0 Å². The van der Waals surface area contributed by atoms with Gasteiger partial charge < -0.3 is 14.9 Å². The highest BCUT2D eigenvalue weighted by Crippen LogP contribution is 2.19. The average molecular weight is 258 g/mol. The third kappa shape index (κ3) is 3.81. The summed E-state index contributed by atoms with van der Waals surface area (Å²) in [7, 11) is 0. The molecule has 2 rings (SSSR count). The first kappa shape index (κ1) is 13.6. The van der Waals surface area contributed by atoms with Crippen LogP contribution in [0.3, 0.4) is 0 Å². The Labute approximate surface area is 113 Å². The van der Waals surface area contributed by atoms with E-state index in [0.717, 1.165) is 11.1 Å². The standard InChI is InChI=1S/C16H18O3/c1-12(17)13-7-9-15(10-8-13)19-11-16(18)14-5-3-2-4-6-14/h2-10,12,16-18H,11H2,1H3/t12-,16?/m0/s1. The van der Waals surface area contributed by atoms with E-state index < -0.39 is 12.2 Å². The molecule has 0 saturated heterocycles. The van der Waals surface area contributed by atoms with Crippen molar-refractivity contribution >= 4 is 0 Å². The van der Waals surface area contributed by atoms with E-state index in [0.29, 0.717) is 5.75 Å². The molecule has 0 amide bonds. The minimum absolute atomic E-state index is 0.206. The van der Waals surface area contributed by atoms with Crippen LogP contribution in [-0.4, -0.2) is 16.8 Å². The Morgan fingerprint density at radius 2 is 1.53 bits per heavy atom. The lowest BCUT2D eigenvalue weighted by Gasteiger charge is -2.13. The van der Waals surface area contributed by atoms with Gasteiger partial charge in [0, 0.05) is 0 Å². The lowest BCUT2D eigenvalue weighted by atomic mass is 10.1. The summed E-state index contributed by atoms with van der Waals surface area (Å²) < 4.78 is 5.53. The summed E-state index contributed by atoms with van der Waals surface area (Å²) in [6.45, 7) is 1.92. The zero-order chi connectivity index (χ0) is 13.7. The predicted octanol–water partition coefficient (Wildman–Crippen LogP) is 2.85. The molecule has 1 unspecified atom stereocenters. The fourth-order valence-electron chi connectivity index (χ4n) is 1.79. The first-order chi connectivity index (χ1) is 9.16. The maximum absolute atomic E-state index is 9.96. The highest BCUT2D eigenvalue weighted by Gasteiger charge is 2.08. The molecule has 0 aliphatic carbocycles. The van der Waals surface area contributed by atoms with E-state index >= 15 is 0 Å². The van der Waals surface area contributed by atoms with Crippen LogP contribution in [0.4, 0.5) is 0 Å². The zero-order valence-corrected chi connectivity index (χ0v) is 10.9. The topological polar surface area (TPSA) is 49.7 Å². The molecule has 2 atom stereocenters. The van der Waals surface area contributed by atoms with Gasteiger partial charge >= 0.3 is 0 Å². The molecule has 0 heterocycles. The molecule has 3 heteroatoms. The Balaban J connectivity index is 1.92. The Morgan fingerprint density at radius 3 is 2.11 bits per heavy atom. The molecular formula is C16H18O3. The van der Waals surface area contributed by atoms with Crippen molar-refractivity contribution in [1.29, 1.82) is 0 Å². The molecule has 0 aliphatic rings. The van der Waals surface area contributed by atoms with Gasteiger partial charge in [0.15, 0.2) is 0 Å². The van der Waals surface area contributed by atoms with Crippen molar-refractivity contribution in [2.24, 2.45) is 0 Å². The van der Waals surface area contributed by atoms with Crippen LogP contribution in [0.2, 0.25) is 0 Å². The van der Waals surface area contributed by atoms with E-state index in [1.807, 2.05) is 42.5 Å². The molecule has 0 spiro atoms. The summed E-state index contributed by atoms with van der Waals surface area (Å²) >= 11 is 0. The lowest BCUT2D eigenvalue weighted by Crippen LogP contribution is -2.09. The molecule has 2 aromatic rings. The molecule has 2 N–H and O–H groups in total. The van der Waals surface area contributed by atoms with Gasteiger partial charge in [-0.2, -0.15) is 0 Å². The molecule has 0 aromatic heterocycles. The first-order valence-electron chi connectivity index (χ1n) is 6.30. The molecule has 0 aliphatic heterocycles. The van der Waals surface area contributed by atoms with Crippen molar-refractivity contribution in [2.45, 2.75) is 19.1 Å². The summed E-state index contributed by atoms with van der Waals surface area (Å²) in [5, 5.41) is 19.4. The van der Waals surface area contributed by atoms with Crippen molar-refractivity contribution in [3.63, 3.8) is 0 Å². The highest BCUT2D eigenvalue weighted by molar-refractivity contribution is 5.28. The van der Waals surface area contributed by atoms with Gasteiger partial charge in [-0.15, -0.1) is 0 Å². The van der Waals surface area contributed by atoms with Gasteiger partial charge in [0.05, 0.1) is 6.10 Å². The second-order valence-corrected chi connectivity index (χ2v) is 4.48. The first-order valence-corrected chi connectivity index (χ1v) is 6.30. The fourth-order valence-corrected chi connectivity index (χ4v) is 1.79. The number of ether oxygens (including phenoxy) is 1. The summed E-state index contributed by atoms with van der Waals surface area (Å²) in [4.78, 5) is 0. The summed E-state index contributed by atoms with van der Waals surface area (Å²) in [5.74, 6) is 0.680. The van der Waals surface area contributed by atoms with Crippen molar-refractivity contribution in [3.8, 4) is 5.75 Å². The number of benzene rings is 2. The Hall–Kier alpha value is -1.84. The maximum Gasteiger partial charge on any atom is 0.119 e. The molecule has 0 radical (unpaired) electrons. The van der Waals surface area contributed by atoms with Crippen LogP contribution in [0.25, 0.3) is 0 Å². The van der Waals surface area contributed by atoms with E-state index in [-0.39, 0.29) is 6.61 Å². The smallest absolute Gasteiger partial charge is 0.119 e. The molecule has 0 saturated carbocycles. The minimum Gasteiger partial charge on any atom is -0.491 e. The Bertz CT molecular complexity index is 491. The van der Waals surface area contributed by atoms with E-state index in [1.54, 1.807) is 19.1 Å². The molecule has 19 heavy (non-hydrogen) atoms. The van der Waals surface area contributed by atoms with Gasteiger partial charge in [-0.25, -0.2) is 0 Å². The van der Waals surface area contributed by atoms with Crippen LogP contribution in [0.5, 0.6) is 5.75 Å². The Kier molecular flexibility index (Phi) is 4.55. The van der Waals surface area contributed by atoms with Crippen LogP contribution in [0.15, 0.2) is 54.6 Å². The van der Waals surface area contributed by atoms with E-state index in [4.69, 9.17) is 4.74 Å². The van der Waals surface area contributed by atoms with Crippen LogP contribution in [0, 0.1) is 0 Å². The second-order valence-electron chi connectivity index (χ2n) is 4.48. The number of hydrogen-bond acceptors (Lipinski definition) is 3. The van der Waals surface area contributed by atoms with E-state index in [2.05, 4.69) is 0 Å². The van der Waals surface area contributed by atoms with Crippen LogP contribution >= 0.6 is 0 Å². The summed E-state index contributed by atoms with van der Waals surface area (Å²) in [6.07, 6.45) is -1.12. The van der Waals surface area contributed by atoms with Gasteiger partial charge in [-0.1, -0.05) is 42.5 Å². The SMILES string of the molecule is C[C@H](O)c1ccc(OCC(O)c2ccccc2)cc1. The Morgan fingerprint density at radius 1 is 0.895 bits per heavy atom. The third-order valence-corrected chi connectivity index (χ3v) is 2.95. The van der Waals surface area contributed by atoms with E-state index in [1.165, 1.54) is 0 Å². The summed E-state index contributed by atoms with van der Waals surface area (Å²) in [6, 6.07) is 16.6. The van der Waals surface area contributed by atoms with Crippen LogP contribution < -0.4 is 4.74 Å².